The molecule has 0 amide bonds. The van der Waals surface area contributed by atoms with Gasteiger partial charge in [0.25, 0.3) is 0 Å². The van der Waals surface area contributed by atoms with Crippen molar-refractivity contribution in [3.05, 3.63) is 29.1 Å². The summed E-state index contributed by atoms with van der Waals surface area (Å²) in [5.74, 6) is 1.74. The molecule has 2 rings (SSSR count). The minimum absolute atomic E-state index is 0.209. The second kappa shape index (κ2) is 4.86. The van der Waals surface area contributed by atoms with E-state index in [1.807, 2.05) is 0 Å². The molecule has 0 aromatic heterocycles. The first-order valence-electron chi connectivity index (χ1n) is 5.78. The second-order valence-electron chi connectivity index (χ2n) is 4.69. The zero-order valence-corrected chi connectivity index (χ0v) is 11.2. The highest BCUT2D eigenvalue weighted by Crippen LogP contribution is 2.43. The number of benzene rings is 1. The lowest BCUT2D eigenvalue weighted by Crippen LogP contribution is -2.33. The van der Waals surface area contributed by atoms with Crippen molar-refractivity contribution in [1.29, 1.82) is 0 Å². The number of ether oxygens (including phenoxy) is 1. The summed E-state index contributed by atoms with van der Waals surface area (Å²) in [7, 11) is 1.61. The number of hydrogen-bond donors (Lipinski definition) is 1. The van der Waals surface area contributed by atoms with Crippen LogP contribution in [0.2, 0.25) is 0 Å². The van der Waals surface area contributed by atoms with Crippen molar-refractivity contribution in [1.82, 2.24) is 0 Å². The molecule has 1 aromatic rings. The van der Waals surface area contributed by atoms with Crippen LogP contribution in [0.4, 0.5) is 4.39 Å². The van der Waals surface area contributed by atoms with E-state index < -0.39 is 0 Å². The van der Waals surface area contributed by atoms with Crippen LogP contribution in [0.5, 0.6) is 5.75 Å². The van der Waals surface area contributed by atoms with Crippen LogP contribution in [0.1, 0.15) is 31.0 Å². The van der Waals surface area contributed by atoms with Gasteiger partial charge in [0.15, 0.2) is 0 Å². The molecule has 1 aliphatic heterocycles. The summed E-state index contributed by atoms with van der Waals surface area (Å²) < 4.78 is 19.2. The number of fused-ring (bicyclic) bond motifs is 1. The molecule has 17 heavy (non-hydrogen) atoms. The van der Waals surface area contributed by atoms with Crippen LogP contribution in [0, 0.1) is 11.7 Å². The SMILES string of the molecule is COc1ccc(F)c2c1CSC(C(C)C)C2N. The first kappa shape index (κ1) is 12.7. The lowest BCUT2D eigenvalue weighted by Gasteiger charge is -2.34. The van der Waals surface area contributed by atoms with Gasteiger partial charge in [0, 0.05) is 28.2 Å². The highest BCUT2D eigenvalue weighted by atomic mass is 32.2. The molecule has 4 heteroatoms. The van der Waals surface area contributed by atoms with Gasteiger partial charge in [-0.1, -0.05) is 13.8 Å². The van der Waals surface area contributed by atoms with Gasteiger partial charge >= 0.3 is 0 Å². The molecular weight excluding hydrogens is 237 g/mol. The van der Waals surface area contributed by atoms with E-state index >= 15 is 0 Å². The maximum Gasteiger partial charge on any atom is 0.128 e. The third-order valence-corrected chi connectivity index (χ3v) is 4.92. The molecule has 2 nitrogen and oxygen atoms in total. The number of halogens is 1. The average Bonchev–Trinajstić information content (AvgIpc) is 2.29. The number of rotatable bonds is 2. The zero-order chi connectivity index (χ0) is 12.6. The Labute approximate surface area is 106 Å². The fourth-order valence-electron chi connectivity index (χ4n) is 2.37. The lowest BCUT2D eigenvalue weighted by atomic mass is 9.92. The molecule has 0 fully saturated rings. The molecule has 2 N–H and O–H groups in total. The molecule has 0 bridgehead atoms. The highest BCUT2D eigenvalue weighted by Gasteiger charge is 2.33. The van der Waals surface area contributed by atoms with E-state index in [1.165, 1.54) is 6.07 Å². The molecule has 0 spiro atoms. The summed E-state index contributed by atoms with van der Waals surface area (Å²) in [6.45, 7) is 4.25. The largest absolute Gasteiger partial charge is 0.496 e. The van der Waals surface area contributed by atoms with Crippen molar-refractivity contribution in [2.75, 3.05) is 7.11 Å². The van der Waals surface area contributed by atoms with Crippen LogP contribution >= 0.6 is 11.8 Å². The van der Waals surface area contributed by atoms with Crippen molar-refractivity contribution in [3.63, 3.8) is 0 Å². The molecule has 0 radical (unpaired) electrons. The fraction of sp³-hybridized carbons (Fsp3) is 0.538. The summed E-state index contributed by atoms with van der Waals surface area (Å²) in [5.41, 5.74) is 7.76. The van der Waals surface area contributed by atoms with E-state index in [4.69, 9.17) is 10.5 Å². The minimum atomic E-state index is -0.251. The van der Waals surface area contributed by atoms with Crippen molar-refractivity contribution in [2.24, 2.45) is 11.7 Å². The van der Waals surface area contributed by atoms with Gasteiger partial charge < -0.3 is 10.5 Å². The number of methoxy groups -OCH3 is 1. The third-order valence-electron chi connectivity index (χ3n) is 3.25. The Balaban J connectivity index is 2.48. The Morgan fingerprint density at radius 3 is 2.76 bits per heavy atom. The molecule has 0 aliphatic carbocycles. The lowest BCUT2D eigenvalue weighted by molar-refractivity contribution is 0.405. The van der Waals surface area contributed by atoms with Crippen molar-refractivity contribution < 1.29 is 9.13 Å². The summed E-state index contributed by atoms with van der Waals surface area (Å²) >= 11 is 1.79. The van der Waals surface area contributed by atoms with Crippen LogP contribution in [0.25, 0.3) is 0 Å². The van der Waals surface area contributed by atoms with Crippen LogP contribution in [-0.4, -0.2) is 12.4 Å². The predicted molar refractivity (Wildman–Crippen MR) is 69.8 cm³/mol. The van der Waals surface area contributed by atoms with Crippen LogP contribution in [-0.2, 0) is 5.75 Å². The zero-order valence-electron chi connectivity index (χ0n) is 10.4. The Kier molecular flexibility index (Phi) is 3.64. The number of thioether (sulfide) groups is 1. The average molecular weight is 255 g/mol. The van der Waals surface area contributed by atoms with Gasteiger partial charge in [0.2, 0.25) is 0 Å². The molecule has 0 saturated heterocycles. The quantitative estimate of drug-likeness (QED) is 0.882. The van der Waals surface area contributed by atoms with E-state index in [0.29, 0.717) is 11.5 Å². The van der Waals surface area contributed by atoms with Crippen LogP contribution in [0.15, 0.2) is 12.1 Å². The topological polar surface area (TPSA) is 35.2 Å². The van der Waals surface area contributed by atoms with Crippen molar-refractivity contribution >= 4 is 11.8 Å². The highest BCUT2D eigenvalue weighted by molar-refractivity contribution is 7.99. The maximum atomic E-state index is 13.9. The monoisotopic (exact) mass is 255 g/mol. The Bertz CT molecular complexity index is 422. The Morgan fingerprint density at radius 1 is 1.47 bits per heavy atom. The first-order valence-corrected chi connectivity index (χ1v) is 6.83. The van der Waals surface area contributed by atoms with Gasteiger partial charge in [-0.2, -0.15) is 11.8 Å². The third kappa shape index (κ3) is 2.16. The molecule has 1 heterocycles. The molecular formula is C13H18FNOS. The summed E-state index contributed by atoms with van der Waals surface area (Å²) in [6, 6.07) is 2.88. The van der Waals surface area contributed by atoms with Crippen molar-refractivity contribution in [3.8, 4) is 5.75 Å². The summed E-state index contributed by atoms with van der Waals surface area (Å²) in [4.78, 5) is 0. The van der Waals surface area contributed by atoms with Gasteiger partial charge in [0.05, 0.1) is 7.11 Å². The van der Waals surface area contributed by atoms with Gasteiger partial charge in [0.1, 0.15) is 11.6 Å². The molecule has 1 aromatic carbocycles. The van der Waals surface area contributed by atoms with Crippen LogP contribution in [0.3, 0.4) is 0 Å². The van der Waals surface area contributed by atoms with E-state index in [-0.39, 0.29) is 17.1 Å². The molecule has 0 saturated carbocycles. The van der Waals surface area contributed by atoms with Gasteiger partial charge in [-0.05, 0) is 18.1 Å². The normalized spacial score (nSPS) is 23.6. The number of hydrogen-bond acceptors (Lipinski definition) is 3. The second-order valence-corrected chi connectivity index (χ2v) is 5.85. The smallest absolute Gasteiger partial charge is 0.128 e. The fourth-order valence-corrected chi connectivity index (χ4v) is 3.76. The number of nitrogens with two attached hydrogens (primary N) is 1. The van der Waals surface area contributed by atoms with E-state index in [0.717, 1.165) is 17.1 Å². The first-order chi connectivity index (χ1) is 8.06. The van der Waals surface area contributed by atoms with Crippen LogP contribution < -0.4 is 10.5 Å². The maximum absolute atomic E-state index is 13.9. The molecule has 2 atom stereocenters. The molecule has 2 unspecified atom stereocenters. The van der Waals surface area contributed by atoms with Gasteiger partial charge in [-0.15, -0.1) is 0 Å². The molecule has 94 valence electrons. The summed E-state index contributed by atoms with van der Waals surface area (Å²) in [5, 5.41) is 0.268. The molecule has 1 aliphatic rings. The summed E-state index contributed by atoms with van der Waals surface area (Å²) in [6.07, 6.45) is 0. The van der Waals surface area contributed by atoms with E-state index in [9.17, 15) is 4.39 Å². The minimum Gasteiger partial charge on any atom is -0.496 e. The van der Waals surface area contributed by atoms with E-state index in [1.54, 1.807) is 24.9 Å². The van der Waals surface area contributed by atoms with Gasteiger partial charge in [-0.3, -0.25) is 0 Å². The van der Waals surface area contributed by atoms with E-state index in [2.05, 4.69) is 13.8 Å². The van der Waals surface area contributed by atoms with Gasteiger partial charge in [-0.25, -0.2) is 4.39 Å². The predicted octanol–water partition coefficient (Wildman–Crippen LogP) is 3.11. The Hall–Kier alpha value is -0.740. The van der Waals surface area contributed by atoms with Crippen molar-refractivity contribution in [2.45, 2.75) is 30.9 Å². The standard InChI is InChI=1S/C13H18FNOS/c1-7(2)13-12(15)11-8(6-17-13)10(16-3)5-4-9(11)14/h4-5,7,12-13H,6,15H2,1-3H3. The Morgan fingerprint density at radius 2 is 2.18 bits per heavy atom.